The maximum absolute atomic E-state index is 12.3. The van der Waals surface area contributed by atoms with Crippen LogP contribution in [0.3, 0.4) is 0 Å². The number of hydrogen-bond donors (Lipinski definition) is 1. The molecule has 2 heterocycles. The lowest BCUT2D eigenvalue weighted by atomic mass is 10.1. The fourth-order valence-electron chi connectivity index (χ4n) is 2.92. The van der Waals surface area contributed by atoms with Gasteiger partial charge in [0.15, 0.2) is 0 Å². The van der Waals surface area contributed by atoms with Crippen LogP contribution >= 0.6 is 15.9 Å². The summed E-state index contributed by atoms with van der Waals surface area (Å²) >= 11 is 3.29. The highest BCUT2D eigenvalue weighted by molar-refractivity contribution is 9.09. The molecular weight excluding hydrogens is 440 g/mol. The van der Waals surface area contributed by atoms with E-state index < -0.39 is 47.7 Å². The van der Waals surface area contributed by atoms with Crippen molar-refractivity contribution in [2.45, 2.75) is 51.7 Å². The third-order valence-corrected chi connectivity index (χ3v) is 4.70. The van der Waals surface area contributed by atoms with Crippen LogP contribution in [0.4, 0.5) is 0 Å². The monoisotopic (exact) mass is 462 g/mol. The summed E-state index contributed by atoms with van der Waals surface area (Å²) in [4.78, 5) is 49.2. The molecule has 4 atom stereocenters. The molecule has 1 unspecified atom stereocenters. The molecule has 1 aromatic rings. The molecule has 1 aromatic heterocycles. The van der Waals surface area contributed by atoms with Crippen LogP contribution in [0.1, 0.15) is 45.1 Å². The number of esters is 2. The third kappa shape index (κ3) is 5.52. The number of carbonyl (C=O) groups excluding carboxylic acids is 2. The number of aromatic nitrogens is 2. The normalized spacial score (nSPS) is 22.6. The molecule has 11 heteroatoms. The molecule has 0 radical (unpaired) electrons. The minimum Gasteiger partial charge on any atom is -0.463 e. The van der Waals surface area contributed by atoms with Gasteiger partial charge in [-0.25, -0.2) is 4.79 Å². The van der Waals surface area contributed by atoms with Gasteiger partial charge in [0, 0.05) is 38.4 Å². The zero-order valence-corrected chi connectivity index (χ0v) is 17.4. The Morgan fingerprint density at radius 3 is 2.64 bits per heavy atom. The molecule has 0 saturated carbocycles. The van der Waals surface area contributed by atoms with Crippen molar-refractivity contribution in [1.82, 2.24) is 9.55 Å². The van der Waals surface area contributed by atoms with Crippen molar-refractivity contribution in [2.24, 2.45) is 0 Å². The molecule has 1 N–H and O–H groups in total. The van der Waals surface area contributed by atoms with Crippen LogP contribution in [0, 0.1) is 0 Å². The first-order valence-corrected chi connectivity index (χ1v) is 9.87. The predicted octanol–water partition coefficient (Wildman–Crippen LogP) is 0.791. The Labute approximate surface area is 169 Å². The van der Waals surface area contributed by atoms with Gasteiger partial charge >= 0.3 is 17.6 Å². The number of aromatic amines is 1. The van der Waals surface area contributed by atoms with Crippen molar-refractivity contribution >= 4 is 27.9 Å². The molecule has 1 aliphatic rings. The minimum absolute atomic E-state index is 0.127. The molecule has 1 fully saturated rings. The van der Waals surface area contributed by atoms with Crippen molar-refractivity contribution in [1.29, 1.82) is 0 Å². The minimum atomic E-state index is -0.814. The van der Waals surface area contributed by atoms with Gasteiger partial charge in [-0.05, 0) is 6.92 Å². The lowest BCUT2D eigenvalue weighted by Crippen LogP contribution is -2.35. The number of halogens is 1. The largest absolute Gasteiger partial charge is 0.463 e. The lowest BCUT2D eigenvalue weighted by Gasteiger charge is -2.19. The van der Waals surface area contributed by atoms with Crippen LogP contribution in [-0.2, 0) is 28.5 Å². The van der Waals surface area contributed by atoms with Gasteiger partial charge in [0.1, 0.15) is 25.0 Å². The molecule has 2 rings (SSSR count). The molecule has 1 saturated heterocycles. The fraction of sp³-hybridized carbons (Fsp3) is 0.647. The summed E-state index contributed by atoms with van der Waals surface area (Å²) in [6.45, 7) is 4.55. The van der Waals surface area contributed by atoms with E-state index in [0.29, 0.717) is 11.9 Å². The second-order valence-electron chi connectivity index (χ2n) is 6.16. The Morgan fingerprint density at radius 2 is 2.07 bits per heavy atom. The number of ether oxygens (including phenoxy) is 4. The zero-order valence-electron chi connectivity index (χ0n) is 15.8. The summed E-state index contributed by atoms with van der Waals surface area (Å²) in [7, 11) is 0. The van der Waals surface area contributed by atoms with Gasteiger partial charge < -0.3 is 18.9 Å². The summed E-state index contributed by atoms with van der Waals surface area (Å²) in [5.74, 6) is -1.03. The SMILES string of the molecule is CCOC(CBr)c1cn([C@H]2C[C@H](OC(C)=O)[C@@H](COC(C)=O)O2)c(=O)[nH]c1=O. The van der Waals surface area contributed by atoms with E-state index in [1.165, 1.54) is 24.6 Å². The summed E-state index contributed by atoms with van der Waals surface area (Å²) in [6.07, 6.45) is -1.27. The standard InChI is InChI=1S/C17H23BrN2O8/c1-4-25-13(6-18)11-7-20(17(24)19-16(11)23)15-5-12(27-10(3)22)14(28-15)8-26-9(2)21/h7,12-15H,4-6,8H2,1-3H3,(H,19,23,24)/t12-,13?,14+,15+/m0/s1. The lowest BCUT2D eigenvalue weighted by molar-refractivity contribution is -0.155. The summed E-state index contributed by atoms with van der Waals surface area (Å²) < 4.78 is 22.7. The van der Waals surface area contributed by atoms with Gasteiger partial charge in [-0.3, -0.25) is 23.9 Å². The highest BCUT2D eigenvalue weighted by Gasteiger charge is 2.40. The van der Waals surface area contributed by atoms with Crippen LogP contribution in [0.5, 0.6) is 0 Å². The van der Waals surface area contributed by atoms with E-state index in [1.54, 1.807) is 6.92 Å². The molecule has 156 valence electrons. The van der Waals surface area contributed by atoms with Crippen LogP contribution in [0.2, 0.25) is 0 Å². The van der Waals surface area contributed by atoms with E-state index in [4.69, 9.17) is 18.9 Å². The van der Waals surface area contributed by atoms with Crippen LogP contribution in [-0.4, -0.2) is 52.2 Å². The number of nitrogens with zero attached hydrogens (tertiary/aromatic N) is 1. The molecular formula is C17H23BrN2O8. The van der Waals surface area contributed by atoms with Gasteiger partial charge in [0.2, 0.25) is 0 Å². The van der Waals surface area contributed by atoms with Crippen molar-refractivity contribution in [3.63, 3.8) is 0 Å². The van der Waals surface area contributed by atoms with E-state index in [9.17, 15) is 19.2 Å². The topological polar surface area (TPSA) is 126 Å². The Morgan fingerprint density at radius 1 is 1.36 bits per heavy atom. The van der Waals surface area contributed by atoms with Crippen molar-refractivity contribution in [2.75, 3.05) is 18.5 Å². The van der Waals surface area contributed by atoms with E-state index in [-0.39, 0.29) is 18.6 Å². The van der Waals surface area contributed by atoms with Gasteiger partial charge in [-0.2, -0.15) is 0 Å². The Hall–Kier alpha value is -1.98. The highest BCUT2D eigenvalue weighted by atomic mass is 79.9. The van der Waals surface area contributed by atoms with E-state index in [1.807, 2.05) is 0 Å². The number of carbonyl (C=O) groups is 2. The molecule has 1 aliphatic heterocycles. The first kappa shape index (κ1) is 22.3. The second-order valence-corrected chi connectivity index (χ2v) is 6.81. The maximum Gasteiger partial charge on any atom is 0.330 e. The summed E-state index contributed by atoms with van der Waals surface area (Å²) in [5.41, 5.74) is -0.960. The predicted molar refractivity (Wildman–Crippen MR) is 100 cm³/mol. The number of rotatable bonds is 8. The summed E-state index contributed by atoms with van der Waals surface area (Å²) in [6, 6.07) is 0. The van der Waals surface area contributed by atoms with Gasteiger partial charge in [0.05, 0.1) is 11.7 Å². The van der Waals surface area contributed by atoms with Crippen molar-refractivity contribution in [3.05, 3.63) is 32.6 Å². The number of alkyl halides is 1. The number of H-pyrrole nitrogens is 1. The van der Waals surface area contributed by atoms with Crippen LogP contribution < -0.4 is 11.2 Å². The molecule has 0 bridgehead atoms. The van der Waals surface area contributed by atoms with Crippen molar-refractivity contribution < 1.29 is 28.5 Å². The smallest absolute Gasteiger partial charge is 0.330 e. The third-order valence-electron chi connectivity index (χ3n) is 4.11. The average molecular weight is 463 g/mol. The number of hydrogen-bond acceptors (Lipinski definition) is 8. The first-order valence-electron chi connectivity index (χ1n) is 8.75. The van der Waals surface area contributed by atoms with Gasteiger partial charge in [0.25, 0.3) is 5.56 Å². The fourth-order valence-corrected chi connectivity index (χ4v) is 3.46. The van der Waals surface area contributed by atoms with E-state index in [0.717, 1.165) is 0 Å². The molecule has 28 heavy (non-hydrogen) atoms. The second kappa shape index (κ2) is 9.99. The van der Waals surface area contributed by atoms with E-state index in [2.05, 4.69) is 20.9 Å². The molecule has 10 nitrogen and oxygen atoms in total. The summed E-state index contributed by atoms with van der Waals surface area (Å²) in [5, 5.41) is 0.360. The van der Waals surface area contributed by atoms with Crippen LogP contribution in [0.25, 0.3) is 0 Å². The average Bonchev–Trinajstić information content (AvgIpc) is 3.00. The molecule has 0 aromatic carbocycles. The van der Waals surface area contributed by atoms with Crippen LogP contribution in [0.15, 0.2) is 15.8 Å². The quantitative estimate of drug-likeness (QED) is 0.443. The van der Waals surface area contributed by atoms with Crippen molar-refractivity contribution in [3.8, 4) is 0 Å². The van der Waals surface area contributed by atoms with E-state index >= 15 is 0 Å². The zero-order chi connectivity index (χ0) is 20.8. The Balaban J connectivity index is 2.32. The van der Waals surface area contributed by atoms with Gasteiger partial charge in [-0.15, -0.1) is 0 Å². The molecule has 0 spiro atoms. The maximum atomic E-state index is 12.3. The number of nitrogens with one attached hydrogen (secondary N) is 1. The Kier molecular flexibility index (Phi) is 7.96. The first-order chi connectivity index (χ1) is 13.3. The van der Waals surface area contributed by atoms with Gasteiger partial charge in [-0.1, -0.05) is 15.9 Å². The molecule has 0 amide bonds. The molecule has 0 aliphatic carbocycles. The highest BCUT2D eigenvalue weighted by Crippen LogP contribution is 2.30. The Bertz CT molecular complexity index is 820.